The average Bonchev–Trinajstić information content (AvgIpc) is 2.88. The molecular weight excluding hydrogens is 575 g/mol. The molecule has 3 rings (SSSR count). The number of halogens is 3. The molecule has 0 radical (unpaired) electrons. The van der Waals surface area contributed by atoms with E-state index in [0.29, 0.717) is 27.8 Å². The normalized spacial score (nSPS) is 12.5. The molecule has 37 heavy (non-hydrogen) atoms. The zero-order valence-corrected chi connectivity index (χ0v) is 24.2. The lowest BCUT2D eigenvalue weighted by molar-refractivity contribution is -0.143. The maximum absolute atomic E-state index is 13.7. The minimum absolute atomic E-state index is 0.0476. The molecule has 1 N–H and O–H groups in total. The Morgan fingerprint density at radius 1 is 1.03 bits per heavy atom. The van der Waals surface area contributed by atoms with Gasteiger partial charge in [-0.05, 0) is 61.7 Å². The van der Waals surface area contributed by atoms with Crippen LogP contribution in [0, 0.1) is 6.92 Å². The highest BCUT2D eigenvalue weighted by Gasteiger charge is 2.32. The fourth-order valence-corrected chi connectivity index (χ4v) is 4.55. The van der Waals surface area contributed by atoms with E-state index in [1.54, 1.807) is 24.3 Å². The molecule has 0 fully saturated rings. The lowest BCUT2D eigenvalue weighted by Crippen LogP contribution is -2.53. The largest absolute Gasteiger partial charge is 0.484 e. The Labute approximate surface area is 237 Å². The van der Waals surface area contributed by atoms with Crippen molar-refractivity contribution >= 4 is 50.9 Å². The lowest BCUT2D eigenvalue weighted by atomic mass is 10.0. The third-order valence-corrected chi connectivity index (χ3v) is 7.75. The van der Waals surface area contributed by atoms with Crippen molar-refractivity contribution in [1.29, 1.82) is 0 Å². The van der Waals surface area contributed by atoms with Crippen molar-refractivity contribution in [2.45, 2.75) is 52.2 Å². The molecule has 0 heterocycles. The maximum atomic E-state index is 13.7. The van der Waals surface area contributed by atoms with Crippen molar-refractivity contribution in [2.75, 3.05) is 6.61 Å². The number of hydrogen-bond donors (Lipinski definition) is 1. The Bertz CT molecular complexity index is 1200. The van der Waals surface area contributed by atoms with Gasteiger partial charge < -0.3 is 15.0 Å². The van der Waals surface area contributed by atoms with Crippen LogP contribution in [0.2, 0.25) is 10.0 Å². The molecular formula is C29H31BrCl2N2O3. The van der Waals surface area contributed by atoms with Gasteiger partial charge in [-0.1, -0.05) is 82.5 Å². The fraction of sp³-hybridized carbons (Fsp3) is 0.310. The summed E-state index contributed by atoms with van der Waals surface area (Å²) in [6.45, 7) is 5.70. The highest BCUT2D eigenvalue weighted by atomic mass is 79.9. The SMILES string of the molecule is CC[C@H](C)NC(=O)[C@H](Cc1ccccc1)N(Cc1c(Cl)cccc1Cl)C(=O)COc1ccc(Br)c(C)c1. The number of nitrogens with zero attached hydrogens (tertiary/aromatic N) is 1. The molecule has 0 aliphatic carbocycles. The quantitative estimate of drug-likeness (QED) is 0.256. The van der Waals surface area contributed by atoms with E-state index in [1.807, 2.05) is 63.2 Å². The Morgan fingerprint density at radius 3 is 2.32 bits per heavy atom. The lowest BCUT2D eigenvalue weighted by Gasteiger charge is -2.32. The van der Waals surface area contributed by atoms with Crippen molar-refractivity contribution < 1.29 is 14.3 Å². The van der Waals surface area contributed by atoms with Crippen LogP contribution in [0.3, 0.4) is 0 Å². The second-order valence-electron chi connectivity index (χ2n) is 8.94. The molecule has 3 aromatic rings. The summed E-state index contributed by atoms with van der Waals surface area (Å²) in [7, 11) is 0. The average molecular weight is 606 g/mol. The minimum Gasteiger partial charge on any atom is -0.484 e. The number of amides is 2. The highest BCUT2D eigenvalue weighted by molar-refractivity contribution is 9.10. The molecule has 0 unspecified atom stereocenters. The van der Waals surface area contributed by atoms with E-state index in [9.17, 15) is 9.59 Å². The molecule has 196 valence electrons. The predicted molar refractivity (Wildman–Crippen MR) is 153 cm³/mol. The standard InChI is InChI=1S/C29H31BrCl2N2O3/c1-4-20(3)33-29(36)27(16-21-9-6-5-7-10-21)34(17-23-25(31)11-8-12-26(23)32)28(35)18-37-22-13-14-24(30)19(2)15-22/h5-15,20,27H,4,16-18H2,1-3H3,(H,33,36)/t20-,27-/m0/s1. The molecule has 3 aromatic carbocycles. The molecule has 8 heteroatoms. The number of rotatable bonds is 11. The van der Waals surface area contributed by atoms with Crippen molar-refractivity contribution in [2.24, 2.45) is 0 Å². The molecule has 0 spiro atoms. The summed E-state index contributed by atoms with van der Waals surface area (Å²) in [5.74, 6) is -0.0283. The zero-order chi connectivity index (χ0) is 26.9. The fourth-order valence-electron chi connectivity index (χ4n) is 3.78. The van der Waals surface area contributed by atoms with Crippen LogP contribution in [0.5, 0.6) is 5.75 Å². The minimum atomic E-state index is -0.800. The Balaban J connectivity index is 1.96. The first-order valence-corrected chi connectivity index (χ1v) is 13.7. The van der Waals surface area contributed by atoms with Gasteiger partial charge in [-0.25, -0.2) is 0 Å². The number of nitrogens with one attached hydrogen (secondary N) is 1. The molecule has 0 aliphatic rings. The molecule has 5 nitrogen and oxygen atoms in total. The van der Waals surface area contributed by atoms with Gasteiger partial charge in [-0.15, -0.1) is 0 Å². The van der Waals surface area contributed by atoms with Crippen LogP contribution in [0.4, 0.5) is 0 Å². The van der Waals surface area contributed by atoms with Crippen LogP contribution in [-0.4, -0.2) is 35.4 Å². The van der Waals surface area contributed by atoms with E-state index in [-0.39, 0.29) is 31.0 Å². The van der Waals surface area contributed by atoms with E-state index < -0.39 is 6.04 Å². The Morgan fingerprint density at radius 2 is 1.70 bits per heavy atom. The molecule has 0 aliphatic heterocycles. The van der Waals surface area contributed by atoms with Gasteiger partial charge >= 0.3 is 0 Å². The molecule has 0 saturated carbocycles. The first-order valence-electron chi connectivity index (χ1n) is 12.1. The number of aryl methyl sites for hydroxylation is 1. The summed E-state index contributed by atoms with van der Waals surface area (Å²) in [6.07, 6.45) is 1.09. The van der Waals surface area contributed by atoms with Gasteiger partial charge in [-0.2, -0.15) is 0 Å². The summed E-state index contributed by atoms with van der Waals surface area (Å²) in [6, 6.07) is 19.5. The van der Waals surface area contributed by atoms with Crippen LogP contribution in [0.1, 0.15) is 37.0 Å². The van der Waals surface area contributed by atoms with E-state index in [2.05, 4.69) is 21.2 Å². The summed E-state index contributed by atoms with van der Waals surface area (Å²) in [5, 5.41) is 3.90. The Hall–Kier alpha value is -2.54. The summed E-state index contributed by atoms with van der Waals surface area (Å²) in [4.78, 5) is 28.8. The highest BCUT2D eigenvalue weighted by Crippen LogP contribution is 2.28. The van der Waals surface area contributed by atoms with E-state index in [4.69, 9.17) is 27.9 Å². The second-order valence-corrected chi connectivity index (χ2v) is 10.6. The van der Waals surface area contributed by atoms with Crippen LogP contribution in [0.25, 0.3) is 0 Å². The van der Waals surface area contributed by atoms with Gasteiger partial charge in [0.2, 0.25) is 5.91 Å². The van der Waals surface area contributed by atoms with Crippen LogP contribution < -0.4 is 10.1 Å². The Kier molecular flexibility index (Phi) is 10.9. The number of carbonyl (C=O) groups is 2. The smallest absolute Gasteiger partial charge is 0.261 e. The van der Waals surface area contributed by atoms with Crippen LogP contribution in [0.15, 0.2) is 71.2 Å². The number of benzene rings is 3. The van der Waals surface area contributed by atoms with Gasteiger partial charge in [0.05, 0.1) is 0 Å². The predicted octanol–water partition coefficient (Wildman–Crippen LogP) is 7.00. The number of carbonyl (C=O) groups excluding carboxylic acids is 2. The summed E-state index contributed by atoms with van der Waals surface area (Å²) >= 11 is 16.4. The van der Waals surface area contributed by atoms with Gasteiger partial charge in [-0.3, -0.25) is 9.59 Å². The molecule has 0 bridgehead atoms. The molecule has 2 amide bonds. The first-order chi connectivity index (χ1) is 17.7. The summed E-state index contributed by atoms with van der Waals surface area (Å²) < 4.78 is 6.81. The maximum Gasteiger partial charge on any atom is 0.261 e. The number of ether oxygens (including phenoxy) is 1. The van der Waals surface area contributed by atoms with Crippen LogP contribution in [-0.2, 0) is 22.6 Å². The number of hydrogen-bond acceptors (Lipinski definition) is 3. The topological polar surface area (TPSA) is 58.6 Å². The van der Waals surface area contributed by atoms with Gasteiger partial charge in [0.25, 0.3) is 5.91 Å². The first kappa shape index (κ1) is 29.0. The van der Waals surface area contributed by atoms with Crippen molar-refractivity contribution in [3.05, 3.63) is 97.9 Å². The van der Waals surface area contributed by atoms with Gasteiger partial charge in [0.15, 0.2) is 6.61 Å². The third-order valence-electron chi connectivity index (χ3n) is 6.15. The van der Waals surface area contributed by atoms with Crippen molar-refractivity contribution in [3.8, 4) is 5.75 Å². The second kappa shape index (κ2) is 13.8. The molecule has 0 aromatic heterocycles. The van der Waals surface area contributed by atoms with Crippen molar-refractivity contribution in [3.63, 3.8) is 0 Å². The van der Waals surface area contributed by atoms with E-state index in [0.717, 1.165) is 22.0 Å². The van der Waals surface area contributed by atoms with Crippen molar-refractivity contribution in [1.82, 2.24) is 10.2 Å². The van der Waals surface area contributed by atoms with Gasteiger partial charge in [0, 0.05) is 39.1 Å². The third kappa shape index (κ3) is 8.22. The van der Waals surface area contributed by atoms with Gasteiger partial charge in [0.1, 0.15) is 11.8 Å². The summed E-state index contributed by atoms with van der Waals surface area (Å²) in [5.41, 5.74) is 2.49. The van der Waals surface area contributed by atoms with Crippen LogP contribution >= 0.6 is 39.1 Å². The van der Waals surface area contributed by atoms with E-state index in [1.165, 1.54) is 4.90 Å². The zero-order valence-electron chi connectivity index (χ0n) is 21.1. The molecule has 0 saturated heterocycles. The van der Waals surface area contributed by atoms with E-state index >= 15 is 0 Å². The monoisotopic (exact) mass is 604 g/mol. The molecule has 2 atom stereocenters.